The molecule has 1 aromatic rings. The Kier molecular flexibility index (Phi) is 4.57. The van der Waals surface area contributed by atoms with Crippen LogP contribution in [0.4, 0.5) is 0 Å². The van der Waals surface area contributed by atoms with Crippen LogP contribution in [0.25, 0.3) is 0 Å². The minimum Gasteiger partial charge on any atom is -0.384 e. The molecule has 2 rings (SSSR count). The normalized spacial score (nSPS) is 20.6. The minimum absolute atomic E-state index is 0.689. The fraction of sp³-hybridized carbons (Fsp3) is 0.769. The molecule has 0 amide bonds. The summed E-state index contributed by atoms with van der Waals surface area (Å²) in [7, 11) is 1.80. The fourth-order valence-corrected chi connectivity index (χ4v) is 2.69. The van der Waals surface area contributed by atoms with E-state index in [1.54, 1.807) is 7.11 Å². The van der Waals surface area contributed by atoms with Crippen molar-refractivity contribution < 1.29 is 4.74 Å². The van der Waals surface area contributed by atoms with Crippen LogP contribution in [0.3, 0.4) is 0 Å². The van der Waals surface area contributed by atoms with Gasteiger partial charge >= 0.3 is 0 Å². The van der Waals surface area contributed by atoms with E-state index in [1.807, 2.05) is 6.20 Å². The smallest absolute Gasteiger partial charge is 0.0492 e. The molecular weight excluding hydrogens is 214 g/mol. The number of nitrogens with one attached hydrogen (secondary N) is 1. The second kappa shape index (κ2) is 6.17. The van der Waals surface area contributed by atoms with Crippen molar-refractivity contribution in [1.29, 1.82) is 0 Å². The van der Waals surface area contributed by atoms with E-state index in [0.29, 0.717) is 5.92 Å². The third-order valence-corrected chi connectivity index (χ3v) is 3.82. The van der Waals surface area contributed by atoms with E-state index >= 15 is 0 Å². The summed E-state index contributed by atoms with van der Waals surface area (Å²) in [5.41, 5.74) is 1.22. The van der Waals surface area contributed by atoms with Gasteiger partial charge in [-0.25, -0.2) is 0 Å². The van der Waals surface area contributed by atoms with Gasteiger partial charge in [-0.1, -0.05) is 6.92 Å². The van der Waals surface area contributed by atoms with E-state index in [0.717, 1.165) is 19.1 Å². The van der Waals surface area contributed by atoms with Crippen molar-refractivity contribution in [2.45, 2.75) is 26.3 Å². The second-order valence-electron chi connectivity index (χ2n) is 5.13. The van der Waals surface area contributed by atoms with Crippen molar-refractivity contribution in [2.75, 3.05) is 26.8 Å². The van der Waals surface area contributed by atoms with Gasteiger partial charge in [-0.15, -0.1) is 0 Å². The molecule has 0 aromatic carbocycles. The number of aromatic nitrogens is 2. The third kappa shape index (κ3) is 3.54. The maximum absolute atomic E-state index is 5.24. The lowest BCUT2D eigenvalue weighted by Gasteiger charge is -2.34. The number of aromatic amines is 1. The molecule has 1 fully saturated rings. The summed E-state index contributed by atoms with van der Waals surface area (Å²) < 4.78 is 5.24. The van der Waals surface area contributed by atoms with Crippen molar-refractivity contribution in [3.63, 3.8) is 0 Å². The molecule has 4 nitrogen and oxygen atoms in total. The maximum atomic E-state index is 5.24. The number of H-pyrrole nitrogens is 1. The molecule has 1 aliphatic heterocycles. The highest BCUT2D eigenvalue weighted by atomic mass is 16.5. The van der Waals surface area contributed by atoms with Crippen LogP contribution in [0.1, 0.15) is 25.5 Å². The lowest BCUT2D eigenvalue weighted by Crippen LogP contribution is -2.36. The van der Waals surface area contributed by atoms with Gasteiger partial charge in [0.05, 0.1) is 0 Å². The number of likely N-dealkylation sites (tertiary alicyclic amines) is 1. The van der Waals surface area contributed by atoms with E-state index in [4.69, 9.17) is 4.74 Å². The molecule has 0 unspecified atom stereocenters. The van der Waals surface area contributed by atoms with Gasteiger partial charge < -0.3 is 4.74 Å². The van der Waals surface area contributed by atoms with Crippen LogP contribution < -0.4 is 0 Å². The predicted octanol–water partition coefficient (Wildman–Crippen LogP) is 1.90. The van der Waals surface area contributed by atoms with Gasteiger partial charge in [0.1, 0.15) is 0 Å². The SMILES string of the molecule is COC[C@H](C)C1CCN(Cc2ccn[nH]2)CC1. The first-order chi connectivity index (χ1) is 8.29. The summed E-state index contributed by atoms with van der Waals surface area (Å²) in [6.45, 7) is 6.59. The van der Waals surface area contributed by atoms with Crippen molar-refractivity contribution in [3.05, 3.63) is 18.0 Å². The van der Waals surface area contributed by atoms with E-state index in [1.165, 1.54) is 31.6 Å². The summed E-state index contributed by atoms with van der Waals surface area (Å²) in [5.74, 6) is 1.52. The van der Waals surface area contributed by atoms with E-state index in [9.17, 15) is 0 Å². The lowest BCUT2D eigenvalue weighted by atomic mass is 9.86. The molecule has 0 bridgehead atoms. The lowest BCUT2D eigenvalue weighted by molar-refractivity contribution is 0.0875. The molecule has 17 heavy (non-hydrogen) atoms. The number of nitrogens with zero attached hydrogens (tertiary/aromatic N) is 2. The monoisotopic (exact) mass is 237 g/mol. The topological polar surface area (TPSA) is 41.1 Å². The highest BCUT2D eigenvalue weighted by molar-refractivity contribution is 4.97. The Balaban J connectivity index is 1.74. The molecule has 96 valence electrons. The number of ether oxygens (including phenoxy) is 1. The Morgan fingerprint density at radius 2 is 2.29 bits per heavy atom. The molecule has 1 saturated heterocycles. The second-order valence-corrected chi connectivity index (χ2v) is 5.13. The molecule has 0 spiro atoms. The zero-order valence-corrected chi connectivity index (χ0v) is 10.9. The molecule has 1 aromatic heterocycles. The van der Waals surface area contributed by atoms with E-state index < -0.39 is 0 Å². The van der Waals surface area contributed by atoms with Gasteiger partial charge in [0.15, 0.2) is 0 Å². The summed E-state index contributed by atoms with van der Waals surface area (Å²) in [6, 6.07) is 2.06. The standard InChI is InChI=1S/C13H23N3O/c1-11(10-17-2)12-4-7-16(8-5-12)9-13-3-6-14-15-13/h3,6,11-12H,4-5,7-10H2,1-2H3,(H,14,15)/t11-/m0/s1. The van der Waals surface area contributed by atoms with Gasteiger partial charge in [-0.3, -0.25) is 10.00 Å². The van der Waals surface area contributed by atoms with Crippen LogP contribution in [0.5, 0.6) is 0 Å². The van der Waals surface area contributed by atoms with Crippen molar-refractivity contribution in [3.8, 4) is 0 Å². The predicted molar refractivity (Wildman–Crippen MR) is 67.6 cm³/mol. The number of rotatable bonds is 5. The largest absolute Gasteiger partial charge is 0.384 e. The van der Waals surface area contributed by atoms with Crippen molar-refractivity contribution >= 4 is 0 Å². The Labute approximate surface area is 103 Å². The first kappa shape index (κ1) is 12.6. The zero-order chi connectivity index (χ0) is 12.1. The van der Waals surface area contributed by atoms with Crippen LogP contribution in [0.15, 0.2) is 12.3 Å². The molecular formula is C13H23N3O. The van der Waals surface area contributed by atoms with Crippen molar-refractivity contribution in [1.82, 2.24) is 15.1 Å². The molecule has 1 N–H and O–H groups in total. The Hall–Kier alpha value is -0.870. The molecule has 0 aliphatic carbocycles. The average Bonchev–Trinajstić information content (AvgIpc) is 2.83. The average molecular weight is 237 g/mol. The zero-order valence-electron chi connectivity index (χ0n) is 10.9. The van der Waals surface area contributed by atoms with Gasteiger partial charge in [-0.2, -0.15) is 5.10 Å². The highest BCUT2D eigenvalue weighted by Gasteiger charge is 2.23. The van der Waals surface area contributed by atoms with Gasteiger partial charge in [-0.05, 0) is 43.8 Å². The fourth-order valence-electron chi connectivity index (χ4n) is 2.69. The molecule has 2 heterocycles. The van der Waals surface area contributed by atoms with Gasteiger partial charge in [0, 0.05) is 32.2 Å². The number of methoxy groups -OCH3 is 1. The molecule has 1 atom stereocenters. The molecule has 0 radical (unpaired) electrons. The molecule has 1 aliphatic rings. The summed E-state index contributed by atoms with van der Waals surface area (Å²) >= 11 is 0. The summed E-state index contributed by atoms with van der Waals surface area (Å²) in [5, 5.41) is 7.01. The molecule has 4 heteroatoms. The highest BCUT2D eigenvalue weighted by Crippen LogP contribution is 2.25. The Morgan fingerprint density at radius 1 is 1.53 bits per heavy atom. The van der Waals surface area contributed by atoms with E-state index in [-0.39, 0.29) is 0 Å². The van der Waals surface area contributed by atoms with Crippen molar-refractivity contribution in [2.24, 2.45) is 11.8 Å². The quantitative estimate of drug-likeness (QED) is 0.850. The van der Waals surface area contributed by atoms with Crippen LogP contribution in [0, 0.1) is 11.8 Å². The first-order valence-corrected chi connectivity index (χ1v) is 6.49. The minimum atomic E-state index is 0.689. The van der Waals surface area contributed by atoms with Gasteiger partial charge in [0.2, 0.25) is 0 Å². The first-order valence-electron chi connectivity index (χ1n) is 6.49. The third-order valence-electron chi connectivity index (χ3n) is 3.82. The van der Waals surface area contributed by atoms with Crippen LogP contribution in [-0.2, 0) is 11.3 Å². The Bertz CT molecular complexity index is 304. The Morgan fingerprint density at radius 3 is 2.88 bits per heavy atom. The number of piperidine rings is 1. The number of hydrogen-bond acceptors (Lipinski definition) is 3. The van der Waals surface area contributed by atoms with Crippen LogP contribution in [-0.4, -0.2) is 41.9 Å². The van der Waals surface area contributed by atoms with Crippen LogP contribution >= 0.6 is 0 Å². The molecule has 0 saturated carbocycles. The maximum Gasteiger partial charge on any atom is 0.0492 e. The summed E-state index contributed by atoms with van der Waals surface area (Å²) in [6.07, 6.45) is 4.40. The van der Waals surface area contributed by atoms with E-state index in [2.05, 4.69) is 28.1 Å². The van der Waals surface area contributed by atoms with Gasteiger partial charge in [0.25, 0.3) is 0 Å². The van der Waals surface area contributed by atoms with Crippen LogP contribution in [0.2, 0.25) is 0 Å². The number of hydrogen-bond donors (Lipinski definition) is 1. The summed E-state index contributed by atoms with van der Waals surface area (Å²) in [4.78, 5) is 2.50.